The first-order valence-corrected chi connectivity index (χ1v) is 10.8. The molecule has 0 fully saturated rings. The first-order chi connectivity index (χ1) is 14.6. The zero-order valence-corrected chi connectivity index (χ0v) is 17.4. The number of amides is 2. The third-order valence-electron chi connectivity index (χ3n) is 6.07. The van der Waals surface area contributed by atoms with Crippen molar-refractivity contribution in [2.24, 2.45) is 5.73 Å². The number of hydrogen-bond acceptors (Lipinski definition) is 4. The van der Waals surface area contributed by atoms with Gasteiger partial charge in [0.25, 0.3) is 5.91 Å². The molecule has 0 radical (unpaired) electrons. The highest BCUT2D eigenvalue weighted by Crippen LogP contribution is 2.31. The first kappa shape index (κ1) is 20.4. The van der Waals surface area contributed by atoms with Crippen LogP contribution in [0.2, 0.25) is 0 Å². The topological polar surface area (TPSA) is 84.7 Å². The highest BCUT2D eigenvalue weighted by molar-refractivity contribution is 6.01. The molecule has 0 unspecified atom stereocenters. The monoisotopic (exact) mass is 407 g/mol. The van der Waals surface area contributed by atoms with Crippen LogP contribution in [0.5, 0.6) is 5.75 Å². The fourth-order valence-electron chi connectivity index (χ4n) is 4.39. The van der Waals surface area contributed by atoms with Crippen LogP contribution in [0.3, 0.4) is 0 Å². The lowest BCUT2D eigenvalue weighted by molar-refractivity contribution is 0.0921. The Balaban J connectivity index is 1.51. The molecular formula is C24H29N3O3. The second-order valence-corrected chi connectivity index (χ2v) is 8.14. The highest BCUT2D eigenvalue weighted by Gasteiger charge is 2.28. The second kappa shape index (κ2) is 8.88. The average molecular weight is 408 g/mol. The van der Waals surface area contributed by atoms with E-state index in [0.29, 0.717) is 36.4 Å². The van der Waals surface area contributed by atoms with Gasteiger partial charge in [0.2, 0.25) is 5.91 Å². The molecule has 2 aliphatic heterocycles. The minimum absolute atomic E-state index is 0.217. The lowest BCUT2D eigenvalue weighted by Crippen LogP contribution is -2.47. The zero-order valence-electron chi connectivity index (χ0n) is 17.4. The largest absolute Gasteiger partial charge is 0.492 e. The van der Waals surface area contributed by atoms with Gasteiger partial charge in [0.15, 0.2) is 0 Å². The van der Waals surface area contributed by atoms with Gasteiger partial charge in [-0.3, -0.25) is 14.5 Å². The molecule has 0 bridgehead atoms. The van der Waals surface area contributed by atoms with Crippen molar-refractivity contribution < 1.29 is 14.3 Å². The summed E-state index contributed by atoms with van der Waals surface area (Å²) in [4.78, 5) is 27.2. The molecule has 1 atom stereocenters. The van der Waals surface area contributed by atoms with Crippen LogP contribution in [-0.2, 0) is 19.4 Å². The van der Waals surface area contributed by atoms with Crippen molar-refractivity contribution in [3.05, 3.63) is 64.2 Å². The van der Waals surface area contributed by atoms with E-state index in [4.69, 9.17) is 10.5 Å². The second-order valence-electron chi connectivity index (χ2n) is 8.14. The van der Waals surface area contributed by atoms with Gasteiger partial charge in [-0.25, -0.2) is 0 Å². The zero-order chi connectivity index (χ0) is 21.1. The van der Waals surface area contributed by atoms with Crippen molar-refractivity contribution in [1.82, 2.24) is 10.2 Å². The summed E-state index contributed by atoms with van der Waals surface area (Å²) in [6.07, 6.45) is 3.87. The molecule has 2 aromatic carbocycles. The van der Waals surface area contributed by atoms with E-state index in [9.17, 15) is 9.59 Å². The predicted molar refractivity (Wildman–Crippen MR) is 116 cm³/mol. The summed E-state index contributed by atoms with van der Waals surface area (Å²) in [5, 5.41) is 3.09. The molecule has 2 aromatic rings. The maximum atomic E-state index is 13.0. The van der Waals surface area contributed by atoms with Crippen molar-refractivity contribution in [1.29, 1.82) is 0 Å². The van der Waals surface area contributed by atoms with Crippen LogP contribution in [0.15, 0.2) is 36.4 Å². The molecule has 6 heteroatoms. The summed E-state index contributed by atoms with van der Waals surface area (Å²) >= 11 is 0. The number of nitrogens with two attached hydrogens (primary N) is 1. The minimum Gasteiger partial charge on any atom is -0.492 e. The number of rotatable bonds is 7. The Hall–Kier alpha value is -2.86. The number of carbonyl (C=O) groups is 2. The molecule has 0 saturated heterocycles. The minimum atomic E-state index is -0.534. The van der Waals surface area contributed by atoms with E-state index in [2.05, 4.69) is 41.4 Å². The molecular weight excluding hydrogens is 378 g/mol. The Morgan fingerprint density at radius 1 is 1.20 bits per heavy atom. The number of fused-ring (bicyclic) bond motifs is 2. The van der Waals surface area contributed by atoms with Gasteiger partial charge in [0.1, 0.15) is 5.75 Å². The number of ether oxygens (including phenoxy) is 1. The molecule has 158 valence electrons. The number of nitrogens with zero attached hydrogens (tertiary/aromatic N) is 1. The van der Waals surface area contributed by atoms with E-state index >= 15 is 0 Å². The maximum absolute atomic E-state index is 13.0. The number of carbonyl (C=O) groups excluding carboxylic acids is 2. The summed E-state index contributed by atoms with van der Waals surface area (Å²) in [5.41, 5.74) is 9.80. The van der Waals surface area contributed by atoms with E-state index in [1.54, 1.807) is 12.1 Å². The van der Waals surface area contributed by atoms with Gasteiger partial charge in [-0.15, -0.1) is 0 Å². The van der Waals surface area contributed by atoms with Gasteiger partial charge in [0, 0.05) is 31.1 Å². The van der Waals surface area contributed by atoms with Crippen LogP contribution in [0.4, 0.5) is 0 Å². The smallest absolute Gasteiger partial charge is 0.255 e. The number of primary amides is 1. The molecule has 30 heavy (non-hydrogen) atoms. The van der Waals surface area contributed by atoms with Crippen molar-refractivity contribution in [3.8, 4) is 5.75 Å². The molecule has 2 heterocycles. The average Bonchev–Trinajstić information content (AvgIpc) is 3.23. The van der Waals surface area contributed by atoms with E-state index < -0.39 is 5.91 Å². The van der Waals surface area contributed by atoms with Crippen LogP contribution >= 0.6 is 0 Å². The van der Waals surface area contributed by atoms with E-state index in [-0.39, 0.29) is 11.9 Å². The number of hydrogen-bond donors (Lipinski definition) is 2. The number of nitrogens with one attached hydrogen (secondary N) is 1. The van der Waals surface area contributed by atoms with Crippen molar-refractivity contribution >= 4 is 11.8 Å². The van der Waals surface area contributed by atoms with Gasteiger partial charge >= 0.3 is 0 Å². The highest BCUT2D eigenvalue weighted by atomic mass is 16.5. The van der Waals surface area contributed by atoms with Crippen LogP contribution in [0.1, 0.15) is 57.2 Å². The Morgan fingerprint density at radius 2 is 2.00 bits per heavy atom. The molecule has 0 spiro atoms. The van der Waals surface area contributed by atoms with Gasteiger partial charge in [-0.2, -0.15) is 0 Å². The third kappa shape index (κ3) is 4.19. The lowest BCUT2D eigenvalue weighted by atomic mass is 9.93. The Labute approximate surface area is 177 Å². The molecule has 3 N–H and O–H groups in total. The standard InChI is InChI=1S/C24H29N3O3/c1-2-3-9-27-15-18-7-5-4-6-16(18)12-20(27)14-26-24(29)21-13-19(23(25)28)11-17-8-10-30-22(17)21/h4-7,11,13,20H,2-3,8-10,12,14-15H2,1H3,(H2,25,28)(H,26,29)/t20-/m0/s1. The van der Waals surface area contributed by atoms with Gasteiger partial charge in [0.05, 0.1) is 12.2 Å². The fourth-order valence-corrected chi connectivity index (χ4v) is 4.39. The normalized spacial score (nSPS) is 17.7. The van der Waals surface area contributed by atoms with Crippen molar-refractivity contribution in [2.75, 3.05) is 19.7 Å². The van der Waals surface area contributed by atoms with E-state index in [1.807, 2.05) is 0 Å². The summed E-state index contributed by atoms with van der Waals surface area (Å²) in [6.45, 7) is 5.18. The summed E-state index contributed by atoms with van der Waals surface area (Å²) in [7, 11) is 0. The van der Waals surface area contributed by atoms with Crippen LogP contribution in [-0.4, -0.2) is 42.5 Å². The van der Waals surface area contributed by atoms with Crippen molar-refractivity contribution in [3.63, 3.8) is 0 Å². The summed E-state index contributed by atoms with van der Waals surface area (Å²) < 4.78 is 5.67. The molecule has 0 aliphatic carbocycles. The number of unbranched alkanes of at least 4 members (excludes halogenated alkanes) is 1. The molecule has 2 amide bonds. The van der Waals surface area contributed by atoms with E-state index in [1.165, 1.54) is 11.1 Å². The van der Waals surface area contributed by atoms with Gasteiger partial charge < -0.3 is 15.8 Å². The van der Waals surface area contributed by atoms with Gasteiger partial charge in [-0.05, 0) is 48.2 Å². The predicted octanol–water partition coefficient (Wildman–Crippen LogP) is 2.68. The van der Waals surface area contributed by atoms with E-state index in [0.717, 1.165) is 37.9 Å². The third-order valence-corrected chi connectivity index (χ3v) is 6.07. The molecule has 2 aliphatic rings. The van der Waals surface area contributed by atoms with Crippen molar-refractivity contribution in [2.45, 2.75) is 45.2 Å². The Morgan fingerprint density at radius 3 is 2.77 bits per heavy atom. The molecule has 6 nitrogen and oxygen atoms in total. The van der Waals surface area contributed by atoms with Crippen LogP contribution in [0, 0.1) is 0 Å². The molecule has 0 aromatic heterocycles. The van der Waals surface area contributed by atoms with Crippen LogP contribution in [0.25, 0.3) is 0 Å². The number of benzene rings is 2. The van der Waals surface area contributed by atoms with Crippen LogP contribution < -0.4 is 15.8 Å². The SMILES string of the molecule is CCCCN1Cc2ccccc2C[C@H]1CNC(=O)c1cc(C(N)=O)cc2c1OCC2. The Bertz CT molecular complexity index is 957. The quantitative estimate of drug-likeness (QED) is 0.739. The summed E-state index contributed by atoms with van der Waals surface area (Å²) in [5.74, 6) is -0.173. The molecule has 0 saturated carbocycles. The van der Waals surface area contributed by atoms with Gasteiger partial charge in [-0.1, -0.05) is 37.6 Å². The maximum Gasteiger partial charge on any atom is 0.255 e. The molecule has 4 rings (SSSR count). The first-order valence-electron chi connectivity index (χ1n) is 10.8. The fraction of sp³-hybridized carbons (Fsp3) is 0.417. The Kier molecular flexibility index (Phi) is 6.04. The summed E-state index contributed by atoms with van der Waals surface area (Å²) in [6, 6.07) is 12.1. The lowest BCUT2D eigenvalue weighted by Gasteiger charge is -2.37.